The van der Waals surface area contributed by atoms with Crippen molar-refractivity contribution in [1.29, 1.82) is 0 Å². The van der Waals surface area contributed by atoms with Crippen molar-refractivity contribution in [1.82, 2.24) is 15.5 Å². The van der Waals surface area contributed by atoms with Crippen LogP contribution in [0.25, 0.3) is 0 Å². The van der Waals surface area contributed by atoms with E-state index in [0.717, 1.165) is 38.2 Å². The summed E-state index contributed by atoms with van der Waals surface area (Å²) in [6.07, 6.45) is 0.197. The molecule has 7 heteroatoms. The average molecular weight is 467 g/mol. The molecule has 0 aliphatic carbocycles. The van der Waals surface area contributed by atoms with E-state index in [9.17, 15) is 9.59 Å². The lowest BCUT2D eigenvalue weighted by Crippen LogP contribution is -2.55. The van der Waals surface area contributed by atoms with Gasteiger partial charge in [0.2, 0.25) is 5.91 Å². The number of rotatable bonds is 10. The third-order valence-corrected chi connectivity index (χ3v) is 6.61. The van der Waals surface area contributed by atoms with Gasteiger partial charge >= 0.3 is 6.09 Å². The van der Waals surface area contributed by atoms with Gasteiger partial charge in [0, 0.05) is 44.5 Å². The number of anilines is 1. The van der Waals surface area contributed by atoms with E-state index in [-0.39, 0.29) is 24.5 Å². The Morgan fingerprint density at radius 2 is 1.56 bits per heavy atom. The molecule has 2 amide bonds. The maximum absolute atomic E-state index is 13.0. The van der Waals surface area contributed by atoms with Crippen LogP contribution in [0.3, 0.4) is 0 Å². The molecule has 3 rings (SSSR count). The fourth-order valence-electron chi connectivity index (χ4n) is 4.14. The summed E-state index contributed by atoms with van der Waals surface area (Å²) in [6.45, 7) is 10.7. The molecular weight excluding hydrogens is 428 g/mol. The smallest absolute Gasteiger partial charge is 0.408 e. The van der Waals surface area contributed by atoms with E-state index >= 15 is 0 Å². The van der Waals surface area contributed by atoms with Crippen LogP contribution in [0.5, 0.6) is 0 Å². The summed E-state index contributed by atoms with van der Waals surface area (Å²) in [5.74, 6) is -0.171. The molecule has 2 aromatic carbocycles. The number of piperazine rings is 1. The van der Waals surface area contributed by atoms with Crippen LogP contribution in [0.4, 0.5) is 10.5 Å². The molecule has 0 aromatic heterocycles. The van der Waals surface area contributed by atoms with Crippen molar-refractivity contribution in [2.45, 2.75) is 45.9 Å². The maximum atomic E-state index is 13.0. The lowest BCUT2D eigenvalue weighted by molar-refractivity contribution is -0.124. The fourth-order valence-corrected chi connectivity index (χ4v) is 4.14. The van der Waals surface area contributed by atoms with Crippen molar-refractivity contribution in [3.63, 3.8) is 0 Å². The van der Waals surface area contributed by atoms with Crippen molar-refractivity contribution in [2.75, 3.05) is 37.6 Å². The molecule has 2 aromatic rings. The first-order valence-corrected chi connectivity index (χ1v) is 12.3. The zero-order valence-electron chi connectivity index (χ0n) is 20.6. The zero-order chi connectivity index (χ0) is 24.3. The van der Waals surface area contributed by atoms with Crippen molar-refractivity contribution >= 4 is 17.7 Å². The number of alkyl carbamates (subject to hydrolysis) is 1. The standard InChI is InChI=1S/C27H38N4O3/c1-4-21(2)25(29-27(33)34-20-23-11-7-5-8-12-23)26(32)28-19-22(3)30-15-17-31(18-16-30)24-13-9-6-10-14-24/h5-14,21-22,25H,4,15-20H2,1-3H3,(H,28,32)(H,29,33)/t21-,22?,25-/m0/s1. The van der Waals surface area contributed by atoms with Crippen molar-refractivity contribution in [3.05, 3.63) is 66.2 Å². The Morgan fingerprint density at radius 3 is 2.18 bits per heavy atom. The van der Waals surface area contributed by atoms with Gasteiger partial charge in [0.1, 0.15) is 12.6 Å². The third-order valence-electron chi connectivity index (χ3n) is 6.61. The van der Waals surface area contributed by atoms with Gasteiger partial charge in [0.05, 0.1) is 0 Å². The Kier molecular flexibility index (Phi) is 9.76. The monoisotopic (exact) mass is 466 g/mol. The van der Waals surface area contributed by atoms with Gasteiger partial charge in [-0.3, -0.25) is 9.69 Å². The van der Waals surface area contributed by atoms with Crippen molar-refractivity contribution < 1.29 is 14.3 Å². The van der Waals surface area contributed by atoms with E-state index < -0.39 is 12.1 Å². The summed E-state index contributed by atoms with van der Waals surface area (Å²) in [5.41, 5.74) is 2.16. The van der Waals surface area contributed by atoms with E-state index in [0.29, 0.717) is 6.54 Å². The van der Waals surface area contributed by atoms with E-state index in [1.54, 1.807) is 0 Å². The first-order valence-electron chi connectivity index (χ1n) is 12.3. The molecule has 2 N–H and O–H groups in total. The van der Waals surface area contributed by atoms with Gasteiger partial charge < -0.3 is 20.3 Å². The van der Waals surface area contributed by atoms with E-state index in [2.05, 4.69) is 51.6 Å². The predicted molar refractivity (Wildman–Crippen MR) is 136 cm³/mol. The van der Waals surface area contributed by atoms with Gasteiger partial charge in [0.25, 0.3) is 0 Å². The van der Waals surface area contributed by atoms with Crippen LogP contribution in [0, 0.1) is 5.92 Å². The summed E-state index contributed by atoms with van der Waals surface area (Å²) in [7, 11) is 0. The summed E-state index contributed by atoms with van der Waals surface area (Å²) in [5, 5.41) is 5.82. The Bertz CT molecular complexity index is 885. The van der Waals surface area contributed by atoms with Crippen molar-refractivity contribution in [3.8, 4) is 0 Å². The average Bonchev–Trinajstić information content (AvgIpc) is 2.89. The van der Waals surface area contributed by atoms with Gasteiger partial charge in [-0.25, -0.2) is 4.79 Å². The summed E-state index contributed by atoms with van der Waals surface area (Å²) < 4.78 is 5.33. The van der Waals surface area contributed by atoms with Crippen LogP contribution in [0.15, 0.2) is 60.7 Å². The van der Waals surface area contributed by atoms with E-state index in [1.165, 1.54) is 5.69 Å². The number of nitrogens with zero attached hydrogens (tertiary/aromatic N) is 2. The summed E-state index contributed by atoms with van der Waals surface area (Å²) in [4.78, 5) is 30.1. The zero-order valence-corrected chi connectivity index (χ0v) is 20.6. The highest BCUT2D eigenvalue weighted by molar-refractivity contribution is 5.85. The molecule has 1 aliphatic rings. The molecule has 3 atom stereocenters. The SMILES string of the molecule is CC[C@H](C)[C@H](NC(=O)OCc1ccccc1)C(=O)NCC(C)N1CCN(c2ccccc2)CC1. The minimum atomic E-state index is -0.629. The number of ether oxygens (including phenoxy) is 1. The molecule has 1 aliphatic heterocycles. The molecular formula is C27H38N4O3. The molecule has 34 heavy (non-hydrogen) atoms. The van der Waals surface area contributed by atoms with Gasteiger partial charge in [-0.1, -0.05) is 68.8 Å². The number of para-hydroxylation sites is 1. The number of benzene rings is 2. The minimum Gasteiger partial charge on any atom is -0.445 e. The molecule has 1 heterocycles. The minimum absolute atomic E-state index is 0.00556. The highest BCUT2D eigenvalue weighted by Gasteiger charge is 2.28. The number of carbonyl (C=O) groups is 2. The molecule has 184 valence electrons. The normalized spacial score (nSPS) is 16.9. The van der Waals surface area contributed by atoms with E-state index in [1.807, 2.05) is 50.2 Å². The van der Waals surface area contributed by atoms with Gasteiger partial charge in [-0.2, -0.15) is 0 Å². The Balaban J connectivity index is 1.45. The van der Waals surface area contributed by atoms with Crippen LogP contribution in [0.1, 0.15) is 32.8 Å². The second kappa shape index (κ2) is 13.0. The van der Waals surface area contributed by atoms with Crippen LogP contribution < -0.4 is 15.5 Å². The highest BCUT2D eigenvalue weighted by Crippen LogP contribution is 2.16. The number of hydrogen-bond donors (Lipinski definition) is 2. The Morgan fingerprint density at radius 1 is 0.941 bits per heavy atom. The van der Waals surface area contributed by atoms with Crippen LogP contribution in [-0.4, -0.2) is 61.7 Å². The Labute approximate surface area is 203 Å². The summed E-state index contributed by atoms with van der Waals surface area (Å²) in [6, 6.07) is 19.5. The van der Waals surface area contributed by atoms with Gasteiger partial charge in [-0.15, -0.1) is 0 Å². The first-order chi connectivity index (χ1) is 16.5. The van der Waals surface area contributed by atoms with Gasteiger partial charge in [0.15, 0.2) is 0 Å². The van der Waals surface area contributed by atoms with Crippen molar-refractivity contribution in [2.24, 2.45) is 5.92 Å². The highest BCUT2D eigenvalue weighted by atomic mass is 16.5. The molecule has 1 saturated heterocycles. The fraction of sp³-hybridized carbons (Fsp3) is 0.481. The lowest BCUT2D eigenvalue weighted by atomic mass is 9.98. The molecule has 0 spiro atoms. The van der Waals surface area contributed by atoms with Crippen LogP contribution >= 0.6 is 0 Å². The molecule has 7 nitrogen and oxygen atoms in total. The van der Waals surface area contributed by atoms with Gasteiger partial charge in [-0.05, 0) is 30.5 Å². The quantitative estimate of drug-likeness (QED) is 0.559. The first kappa shape index (κ1) is 25.6. The third kappa shape index (κ3) is 7.48. The largest absolute Gasteiger partial charge is 0.445 e. The van der Waals surface area contributed by atoms with E-state index in [4.69, 9.17) is 4.74 Å². The predicted octanol–water partition coefficient (Wildman–Crippen LogP) is 3.65. The lowest BCUT2D eigenvalue weighted by Gasteiger charge is -2.39. The number of amides is 2. The number of carbonyl (C=O) groups excluding carboxylic acids is 2. The molecule has 0 bridgehead atoms. The number of hydrogen-bond acceptors (Lipinski definition) is 5. The molecule has 0 radical (unpaired) electrons. The second-order valence-electron chi connectivity index (χ2n) is 9.02. The molecule has 0 saturated carbocycles. The molecule has 1 unspecified atom stereocenters. The van der Waals surface area contributed by atoms with Crippen LogP contribution in [-0.2, 0) is 16.1 Å². The summed E-state index contributed by atoms with van der Waals surface area (Å²) >= 11 is 0. The molecule has 1 fully saturated rings. The topological polar surface area (TPSA) is 73.9 Å². The number of nitrogens with one attached hydrogen (secondary N) is 2. The van der Waals surface area contributed by atoms with Crippen LogP contribution in [0.2, 0.25) is 0 Å². The Hall–Kier alpha value is -3.06. The second-order valence-corrected chi connectivity index (χ2v) is 9.02. The maximum Gasteiger partial charge on any atom is 0.408 e.